The van der Waals surface area contributed by atoms with Crippen molar-refractivity contribution in [2.45, 2.75) is 36.8 Å². The Labute approximate surface area is 186 Å². The van der Waals surface area contributed by atoms with E-state index in [1.54, 1.807) is 28.0 Å². The number of nitrogens with zero attached hydrogens (tertiary/aromatic N) is 2. The first-order chi connectivity index (χ1) is 15.5. The average Bonchev–Trinajstić information content (AvgIpc) is 3.36. The van der Waals surface area contributed by atoms with E-state index in [4.69, 9.17) is 9.47 Å². The fourth-order valence-corrected chi connectivity index (χ4v) is 5.32. The molecule has 3 saturated heterocycles. The van der Waals surface area contributed by atoms with Crippen molar-refractivity contribution in [3.05, 3.63) is 71.5 Å². The minimum atomic E-state index is -0.943. The Bertz CT molecular complexity index is 1010. The molecule has 32 heavy (non-hydrogen) atoms. The molecule has 0 bridgehead atoms. The van der Waals surface area contributed by atoms with Crippen LogP contribution in [0, 0.1) is 5.82 Å². The van der Waals surface area contributed by atoms with Gasteiger partial charge in [-0.25, -0.2) is 9.18 Å². The second-order valence-corrected chi connectivity index (χ2v) is 9.04. The van der Waals surface area contributed by atoms with Crippen LogP contribution in [0.2, 0.25) is 0 Å². The number of benzene rings is 2. The topological polar surface area (TPSA) is 59.1 Å². The normalized spacial score (nSPS) is 24.7. The highest BCUT2D eigenvalue weighted by Crippen LogP contribution is 2.41. The summed E-state index contributed by atoms with van der Waals surface area (Å²) >= 11 is 0. The SMILES string of the molecule is O=C1OC2(CCN(C(=O)C3(c4ccccc4F)CCOCC3)C2)CN1Cc1ccccc1. The Morgan fingerprint density at radius 1 is 0.969 bits per heavy atom. The number of likely N-dealkylation sites (tertiary alicyclic amines) is 1. The van der Waals surface area contributed by atoms with Gasteiger partial charge in [0.05, 0.1) is 18.5 Å². The monoisotopic (exact) mass is 438 g/mol. The minimum absolute atomic E-state index is 0.0969. The van der Waals surface area contributed by atoms with E-state index in [0.717, 1.165) is 5.56 Å². The molecule has 7 heteroatoms. The first-order valence-electron chi connectivity index (χ1n) is 11.2. The van der Waals surface area contributed by atoms with E-state index in [2.05, 4.69) is 0 Å². The zero-order valence-corrected chi connectivity index (χ0v) is 18.0. The summed E-state index contributed by atoms with van der Waals surface area (Å²) in [4.78, 5) is 29.9. The second kappa shape index (κ2) is 8.20. The maximum atomic E-state index is 14.8. The Hall–Kier alpha value is -2.93. The van der Waals surface area contributed by atoms with Gasteiger partial charge in [-0.05, 0) is 24.5 Å². The largest absolute Gasteiger partial charge is 0.439 e. The summed E-state index contributed by atoms with van der Waals surface area (Å²) in [5.74, 6) is -0.460. The standard InChI is InChI=1S/C25H27FN2O4/c26-21-9-5-4-8-20(21)25(11-14-31-15-12-25)22(29)27-13-10-24(17-27)18-28(23(30)32-24)16-19-6-2-1-3-7-19/h1-9H,10-18H2. The van der Waals surface area contributed by atoms with E-state index in [0.29, 0.717) is 64.2 Å². The first kappa shape index (κ1) is 20.9. The van der Waals surface area contributed by atoms with Crippen LogP contribution in [0.15, 0.2) is 54.6 Å². The van der Waals surface area contributed by atoms with Crippen LogP contribution in [-0.4, -0.2) is 60.2 Å². The average molecular weight is 438 g/mol. The molecule has 2 aromatic carbocycles. The number of ether oxygens (including phenoxy) is 2. The molecule has 6 nitrogen and oxygen atoms in total. The molecule has 5 rings (SSSR count). The van der Waals surface area contributed by atoms with Gasteiger partial charge in [-0.15, -0.1) is 0 Å². The van der Waals surface area contributed by atoms with E-state index >= 15 is 0 Å². The molecule has 1 atom stereocenters. The van der Waals surface area contributed by atoms with Crippen LogP contribution < -0.4 is 0 Å². The molecule has 3 heterocycles. The molecule has 1 spiro atoms. The van der Waals surface area contributed by atoms with Crippen LogP contribution in [0.1, 0.15) is 30.4 Å². The third kappa shape index (κ3) is 3.64. The third-order valence-corrected chi connectivity index (χ3v) is 7.01. The second-order valence-electron chi connectivity index (χ2n) is 9.04. The van der Waals surface area contributed by atoms with Gasteiger partial charge in [0.25, 0.3) is 0 Å². The van der Waals surface area contributed by atoms with E-state index in [1.807, 2.05) is 30.3 Å². The van der Waals surface area contributed by atoms with Crippen molar-refractivity contribution in [1.29, 1.82) is 0 Å². The minimum Gasteiger partial charge on any atom is -0.439 e. The van der Waals surface area contributed by atoms with E-state index < -0.39 is 11.0 Å². The summed E-state index contributed by atoms with van der Waals surface area (Å²) in [6.07, 6.45) is 1.12. The molecule has 3 aliphatic rings. The molecular formula is C25H27FN2O4. The third-order valence-electron chi connectivity index (χ3n) is 7.01. The van der Waals surface area contributed by atoms with Gasteiger partial charge in [0, 0.05) is 38.3 Å². The van der Waals surface area contributed by atoms with E-state index in [1.165, 1.54) is 6.07 Å². The highest BCUT2D eigenvalue weighted by atomic mass is 19.1. The number of amides is 2. The highest BCUT2D eigenvalue weighted by molar-refractivity contribution is 5.89. The van der Waals surface area contributed by atoms with Crippen LogP contribution >= 0.6 is 0 Å². The van der Waals surface area contributed by atoms with Crippen LogP contribution in [0.4, 0.5) is 9.18 Å². The molecule has 2 amide bonds. The highest BCUT2D eigenvalue weighted by Gasteiger charge is 2.54. The van der Waals surface area contributed by atoms with Crippen molar-refractivity contribution in [2.24, 2.45) is 0 Å². The molecule has 168 valence electrons. The number of hydrogen-bond donors (Lipinski definition) is 0. The summed E-state index contributed by atoms with van der Waals surface area (Å²) in [6.45, 7) is 2.58. The summed E-state index contributed by atoms with van der Waals surface area (Å²) in [6, 6.07) is 16.3. The quantitative estimate of drug-likeness (QED) is 0.733. The Morgan fingerprint density at radius 2 is 1.69 bits per heavy atom. The van der Waals surface area contributed by atoms with Crippen LogP contribution in [0.3, 0.4) is 0 Å². The van der Waals surface area contributed by atoms with Crippen molar-refractivity contribution >= 4 is 12.0 Å². The van der Waals surface area contributed by atoms with Crippen molar-refractivity contribution in [3.8, 4) is 0 Å². The summed E-state index contributed by atoms with van der Waals surface area (Å²) in [5.41, 5.74) is -0.179. The zero-order valence-electron chi connectivity index (χ0n) is 18.0. The van der Waals surface area contributed by atoms with Crippen molar-refractivity contribution < 1.29 is 23.5 Å². The molecule has 2 aromatic rings. The Balaban J connectivity index is 1.35. The molecule has 1 unspecified atom stereocenters. The van der Waals surface area contributed by atoms with E-state index in [9.17, 15) is 14.0 Å². The molecule has 3 fully saturated rings. The van der Waals surface area contributed by atoms with E-state index in [-0.39, 0.29) is 17.8 Å². The molecule has 0 N–H and O–H groups in total. The van der Waals surface area contributed by atoms with Gasteiger partial charge >= 0.3 is 6.09 Å². The van der Waals surface area contributed by atoms with Crippen molar-refractivity contribution in [1.82, 2.24) is 9.80 Å². The van der Waals surface area contributed by atoms with Crippen molar-refractivity contribution in [2.75, 3.05) is 32.8 Å². The fraction of sp³-hybridized carbons (Fsp3) is 0.440. The van der Waals surface area contributed by atoms with Crippen LogP contribution in [-0.2, 0) is 26.2 Å². The van der Waals surface area contributed by atoms with Gasteiger partial charge in [0.2, 0.25) is 5.91 Å². The molecule has 3 aliphatic heterocycles. The van der Waals surface area contributed by atoms with Gasteiger partial charge < -0.3 is 14.4 Å². The number of rotatable bonds is 4. The number of halogens is 1. The summed E-state index contributed by atoms with van der Waals surface area (Å²) in [7, 11) is 0. The Morgan fingerprint density at radius 3 is 2.44 bits per heavy atom. The number of hydrogen-bond acceptors (Lipinski definition) is 4. The maximum Gasteiger partial charge on any atom is 0.410 e. The lowest BCUT2D eigenvalue weighted by atomic mass is 9.72. The van der Waals surface area contributed by atoms with Gasteiger partial charge in [-0.1, -0.05) is 48.5 Å². The molecule has 0 saturated carbocycles. The lowest BCUT2D eigenvalue weighted by molar-refractivity contribution is -0.141. The van der Waals surface area contributed by atoms with Crippen molar-refractivity contribution in [3.63, 3.8) is 0 Å². The molecule has 0 radical (unpaired) electrons. The predicted molar refractivity (Wildman–Crippen MR) is 115 cm³/mol. The summed E-state index contributed by atoms with van der Waals surface area (Å²) in [5, 5.41) is 0. The smallest absolute Gasteiger partial charge is 0.410 e. The Kier molecular flexibility index (Phi) is 5.37. The fourth-order valence-electron chi connectivity index (χ4n) is 5.32. The maximum absolute atomic E-state index is 14.8. The molecular weight excluding hydrogens is 411 g/mol. The first-order valence-corrected chi connectivity index (χ1v) is 11.2. The number of carbonyl (C=O) groups excluding carboxylic acids is 2. The lowest BCUT2D eigenvalue weighted by Gasteiger charge is -2.39. The van der Waals surface area contributed by atoms with Crippen LogP contribution in [0.5, 0.6) is 0 Å². The summed E-state index contributed by atoms with van der Waals surface area (Å²) < 4.78 is 26.1. The number of carbonyl (C=O) groups is 2. The molecule has 0 aromatic heterocycles. The van der Waals surface area contributed by atoms with Crippen LogP contribution in [0.25, 0.3) is 0 Å². The molecule has 0 aliphatic carbocycles. The van der Waals surface area contributed by atoms with Gasteiger partial charge in [-0.3, -0.25) is 9.69 Å². The van der Waals surface area contributed by atoms with Gasteiger partial charge in [-0.2, -0.15) is 0 Å². The zero-order chi connectivity index (χ0) is 22.2. The lowest BCUT2D eigenvalue weighted by Crippen LogP contribution is -2.51. The predicted octanol–water partition coefficient (Wildman–Crippen LogP) is 3.50. The van der Waals surface area contributed by atoms with Gasteiger partial charge in [0.1, 0.15) is 5.82 Å². The van der Waals surface area contributed by atoms with Gasteiger partial charge in [0.15, 0.2) is 5.60 Å².